The summed E-state index contributed by atoms with van der Waals surface area (Å²) in [6.07, 6.45) is 0.370. The van der Waals surface area contributed by atoms with Crippen molar-refractivity contribution in [3.63, 3.8) is 0 Å². The van der Waals surface area contributed by atoms with Crippen molar-refractivity contribution >= 4 is 0 Å². The first kappa shape index (κ1) is 7.56. The topological polar surface area (TPSA) is 33.0 Å². The van der Waals surface area contributed by atoms with Crippen LogP contribution in [-0.4, -0.2) is 12.2 Å². The smallest absolute Gasteiger partial charge is 0.0772 e. The Kier molecular flexibility index (Phi) is 1.96. The largest absolute Gasteiger partial charge is 0.374 e. The van der Waals surface area contributed by atoms with Crippen LogP contribution in [0.25, 0.3) is 0 Å². The molecule has 2 nitrogen and oxygen atoms in total. The van der Waals surface area contributed by atoms with Gasteiger partial charge in [-0.15, -0.1) is 0 Å². The number of hydrogen-bond donors (Lipinski definition) is 0. The molecular formula is C8H13NO. The van der Waals surface area contributed by atoms with E-state index in [0.29, 0.717) is 5.92 Å². The molecule has 10 heavy (non-hydrogen) atoms. The zero-order chi connectivity index (χ0) is 7.72. The van der Waals surface area contributed by atoms with Crippen molar-refractivity contribution in [1.29, 1.82) is 5.26 Å². The van der Waals surface area contributed by atoms with Crippen LogP contribution < -0.4 is 0 Å². The summed E-state index contributed by atoms with van der Waals surface area (Å²) in [6, 6.07) is 2.27. The molecule has 0 aromatic carbocycles. The lowest BCUT2D eigenvalue weighted by Crippen LogP contribution is -2.14. The lowest BCUT2D eigenvalue weighted by atomic mass is 9.91. The van der Waals surface area contributed by atoms with Gasteiger partial charge in [0.25, 0.3) is 0 Å². The van der Waals surface area contributed by atoms with Crippen LogP contribution in [0.2, 0.25) is 0 Å². The minimum absolute atomic E-state index is 0.0926. The molecule has 0 saturated carbocycles. The summed E-state index contributed by atoms with van der Waals surface area (Å²) < 4.78 is 5.45. The highest BCUT2D eigenvalue weighted by atomic mass is 16.5. The predicted octanol–water partition coefficient (Wildman–Crippen LogP) is 1.57. The summed E-state index contributed by atoms with van der Waals surface area (Å²) in [6.45, 7) is 6.06. The maximum atomic E-state index is 8.69. The van der Waals surface area contributed by atoms with Crippen LogP contribution in [0.15, 0.2) is 0 Å². The first-order chi connectivity index (χ1) is 4.66. The molecule has 0 aliphatic carbocycles. The lowest BCUT2D eigenvalue weighted by Gasteiger charge is -2.07. The third kappa shape index (κ3) is 1.02. The minimum Gasteiger partial charge on any atom is -0.374 e. The standard InChI is InChI=1S/C8H13NO/c1-5-6(2)10-7(3)8(5)4-9/h5-8H,1-3H3. The molecule has 0 aromatic heterocycles. The van der Waals surface area contributed by atoms with E-state index in [0.717, 1.165) is 0 Å². The van der Waals surface area contributed by atoms with Crippen LogP contribution >= 0.6 is 0 Å². The maximum absolute atomic E-state index is 8.69. The van der Waals surface area contributed by atoms with Crippen molar-refractivity contribution < 1.29 is 4.74 Å². The van der Waals surface area contributed by atoms with Gasteiger partial charge < -0.3 is 4.74 Å². The van der Waals surface area contributed by atoms with Crippen molar-refractivity contribution in [3.8, 4) is 6.07 Å². The summed E-state index contributed by atoms with van der Waals surface area (Å²) >= 11 is 0. The average Bonchev–Trinajstić information content (AvgIpc) is 2.09. The summed E-state index contributed by atoms with van der Waals surface area (Å²) in [5.41, 5.74) is 0. The summed E-state index contributed by atoms with van der Waals surface area (Å²) in [5, 5.41) is 8.69. The van der Waals surface area contributed by atoms with E-state index < -0.39 is 0 Å². The van der Waals surface area contributed by atoms with Crippen LogP contribution in [0.4, 0.5) is 0 Å². The van der Waals surface area contributed by atoms with Gasteiger partial charge in [-0.3, -0.25) is 0 Å². The second-order valence-electron chi connectivity index (χ2n) is 3.06. The lowest BCUT2D eigenvalue weighted by molar-refractivity contribution is 0.0545. The van der Waals surface area contributed by atoms with Gasteiger partial charge in [-0.1, -0.05) is 6.92 Å². The second-order valence-corrected chi connectivity index (χ2v) is 3.06. The van der Waals surface area contributed by atoms with Crippen LogP contribution in [0, 0.1) is 23.2 Å². The van der Waals surface area contributed by atoms with Gasteiger partial charge in [-0.2, -0.15) is 5.26 Å². The second kappa shape index (κ2) is 2.59. The predicted molar refractivity (Wildman–Crippen MR) is 38.3 cm³/mol. The van der Waals surface area contributed by atoms with Crippen LogP contribution in [-0.2, 0) is 4.74 Å². The van der Waals surface area contributed by atoms with Gasteiger partial charge in [0.1, 0.15) is 0 Å². The van der Waals surface area contributed by atoms with Gasteiger partial charge in [0, 0.05) is 5.92 Å². The van der Waals surface area contributed by atoms with Crippen LogP contribution in [0.3, 0.4) is 0 Å². The molecule has 1 rings (SSSR count). The number of nitrogens with zero attached hydrogens (tertiary/aromatic N) is 1. The van der Waals surface area contributed by atoms with Gasteiger partial charge in [-0.05, 0) is 13.8 Å². The zero-order valence-corrected chi connectivity index (χ0v) is 6.66. The Morgan fingerprint density at radius 3 is 2.00 bits per heavy atom. The van der Waals surface area contributed by atoms with E-state index in [1.165, 1.54) is 0 Å². The van der Waals surface area contributed by atoms with E-state index >= 15 is 0 Å². The van der Waals surface area contributed by atoms with E-state index in [1.807, 2.05) is 13.8 Å². The molecule has 0 bridgehead atoms. The molecule has 0 aromatic rings. The van der Waals surface area contributed by atoms with Gasteiger partial charge >= 0.3 is 0 Å². The average molecular weight is 139 g/mol. The molecule has 1 heterocycles. The van der Waals surface area contributed by atoms with Gasteiger partial charge in [0.2, 0.25) is 0 Å². The molecule has 56 valence electrons. The van der Waals surface area contributed by atoms with Gasteiger partial charge in [0.15, 0.2) is 0 Å². The van der Waals surface area contributed by atoms with Crippen LogP contribution in [0.5, 0.6) is 0 Å². The fourth-order valence-electron chi connectivity index (χ4n) is 1.49. The van der Waals surface area contributed by atoms with E-state index in [2.05, 4.69) is 13.0 Å². The molecule has 0 N–H and O–H groups in total. The first-order valence-corrected chi connectivity index (χ1v) is 3.72. The van der Waals surface area contributed by atoms with Crippen molar-refractivity contribution in [2.24, 2.45) is 11.8 Å². The molecule has 2 heteroatoms. The van der Waals surface area contributed by atoms with E-state index in [1.54, 1.807) is 0 Å². The maximum Gasteiger partial charge on any atom is 0.0772 e. The Hall–Kier alpha value is -0.550. The molecule has 0 radical (unpaired) electrons. The SMILES string of the molecule is CC1OC(C)C(C#N)C1C. The Labute approximate surface area is 61.8 Å². The molecular weight excluding hydrogens is 126 g/mol. The van der Waals surface area contributed by atoms with Gasteiger partial charge in [0.05, 0.1) is 24.2 Å². The Balaban J connectivity index is 2.66. The number of ether oxygens (including phenoxy) is 1. The minimum atomic E-state index is 0.0926. The van der Waals surface area contributed by atoms with Crippen LogP contribution in [0.1, 0.15) is 20.8 Å². The van der Waals surface area contributed by atoms with Crippen molar-refractivity contribution in [1.82, 2.24) is 0 Å². The third-order valence-corrected chi connectivity index (χ3v) is 2.39. The quantitative estimate of drug-likeness (QED) is 0.510. The molecule has 1 aliphatic heterocycles. The zero-order valence-electron chi connectivity index (χ0n) is 6.66. The Bertz CT molecular complexity index is 161. The van der Waals surface area contributed by atoms with Crippen molar-refractivity contribution in [2.45, 2.75) is 33.0 Å². The molecule has 1 aliphatic rings. The monoisotopic (exact) mass is 139 g/mol. The van der Waals surface area contributed by atoms with E-state index in [-0.39, 0.29) is 18.1 Å². The fourth-order valence-corrected chi connectivity index (χ4v) is 1.49. The Morgan fingerprint density at radius 1 is 1.20 bits per heavy atom. The Morgan fingerprint density at radius 2 is 1.80 bits per heavy atom. The highest BCUT2D eigenvalue weighted by molar-refractivity contribution is 4.97. The number of rotatable bonds is 0. The molecule has 0 amide bonds. The molecule has 4 unspecified atom stereocenters. The summed E-state index contributed by atoms with van der Waals surface area (Å²) in [4.78, 5) is 0. The van der Waals surface area contributed by atoms with E-state index in [4.69, 9.17) is 10.00 Å². The summed E-state index contributed by atoms with van der Waals surface area (Å²) in [7, 11) is 0. The third-order valence-electron chi connectivity index (χ3n) is 2.39. The normalized spacial score (nSPS) is 47.0. The molecule has 4 atom stereocenters. The number of nitriles is 1. The van der Waals surface area contributed by atoms with Crippen molar-refractivity contribution in [3.05, 3.63) is 0 Å². The molecule has 1 fully saturated rings. The first-order valence-electron chi connectivity index (χ1n) is 3.72. The molecule has 0 spiro atoms. The van der Waals surface area contributed by atoms with Crippen molar-refractivity contribution in [2.75, 3.05) is 0 Å². The number of hydrogen-bond acceptors (Lipinski definition) is 2. The van der Waals surface area contributed by atoms with E-state index in [9.17, 15) is 0 Å². The fraction of sp³-hybridized carbons (Fsp3) is 0.875. The summed E-state index contributed by atoms with van der Waals surface area (Å²) in [5.74, 6) is 0.481. The van der Waals surface area contributed by atoms with Gasteiger partial charge in [-0.25, -0.2) is 0 Å². The highest BCUT2D eigenvalue weighted by Crippen LogP contribution is 2.30. The highest BCUT2D eigenvalue weighted by Gasteiger charge is 2.36. The molecule has 1 saturated heterocycles.